The summed E-state index contributed by atoms with van der Waals surface area (Å²) in [6.45, 7) is 0. The van der Waals surface area contributed by atoms with Crippen molar-refractivity contribution in [3.05, 3.63) is 70.1 Å². The summed E-state index contributed by atoms with van der Waals surface area (Å²) in [4.78, 5) is 15.5. The summed E-state index contributed by atoms with van der Waals surface area (Å²) in [7, 11) is 0. The van der Waals surface area contributed by atoms with Gasteiger partial charge in [-0.2, -0.15) is 0 Å². The number of rotatable bonds is 3. The first-order valence-electron chi connectivity index (χ1n) is 6.80. The molecule has 0 saturated carbocycles. The molecule has 3 rings (SSSR count). The predicted octanol–water partition coefficient (Wildman–Crippen LogP) is 3.42. The number of phenols is 1. The van der Waals surface area contributed by atoms with Gasteiger partial charge in [0.25, 0.3) is 5.91 Å². The Kier molecular flexibility index (Phi) is 3.88. The molecule has 6 heteroatoms. The second kappa shape index (κ2) is 5.85. The Morgan fingerprint density at radius 3 is 2.57 bits per heavy atom. The lowest BCUT2D eigenvalue weighted by atomic mass is 10.0. The van der Waals surface area contributed by atoms with Gasteiger partial charge in [0.15, 0.2) is 5.75 Å². The zero-order valence-electron chi connectivity index (χ0n) is 11.9. The van der Waals surface area contributed by atoms with Crippen LogP contribution >= 0.6 is 11.6 Å². The standard InChI is InChI=1S/C17H12ClFN2O2/c18-14-7-13(17(20)23)16(22)15-12(14)6-10(8-21-15)5-9-1-3-11(19)4-2-9/h1-4,6-8,22H,5H2,(H2,20,23). The Morgan fingerprint density at radius 1 is 1.22 bits per heavy atom. The van der Waals surface area contributed by atoms with Gasteiger partial charge < -0.3 is 10.8 Å². The summed E-state index contributed by atoms with van der Waals surface area (Å²) in [6, 6.07) is 9.26. The quantitative estimate of drug-likeness (QED) is 0.772. The lowest BCUT2D eigenvalue weighted by Crippen LogP contribution is -2.11. The fraction of sp³-hybridized carbons (Fsp3) is 0.0588. The topological polar surface area (TPSA) is 76.2 Å². The molecule has 0 spiro atoms. The molecule has 2 aromatic carbocycles. The van der Waals surface area contributed by atoms with Crippen molar-refractivity contribution in [1.82, 2.24) is 4.98 Å². The number of carbonyl (C=O) groups excluding carboxylic acids is 1. The minimum atomic E-state index is -0.775. The van der Waals surface area contributed by atoms with Crippen LogP contribution in [0.5, 0.6) is 5.75 Å². The number of amides is 1. The highest BCUT2D eigenvalue weighted by Crippen LogP contribution is 2.33. The van der Waals surface area contributed by atoms with Gasteiger partial charge in [-0.25, -0.2) is 4.39 Å². The fourth-order valence-electron chi connectivity index (χ4n) is 2.40. The van der Waals surface area contributed by atoms with Gasteiger partial charge in [0.1, 0.15) is 11.3 Å². The molecule has 3 aromatic rings. The summed E-state index contributed by atoms with van der Waals surface area (Å²) in [5.41, 5.74) is 7.11. The molecule has 1 amide bonds. The normalized spacial score (nSPS) is 10.9. The monoisotopic (exact) mass is 330 g/mol. The fourth-order valence-corrected chi connectivity index (χ4v) is 2.65. The van der Waals surface area contributed by atoms with Gasteiger partial charge in [-0.3, -0.25) is 9.78 Å². The molecule has 116 valence electrons. The van der Waals surface area contributed by atoms with Crippen molar-refractivity contribution in [2.24, 2.45) is 5.73 Å². The summed E-state index contributed by atoms with van der Waals surface area (Å²) in [5.74, 6) is -1.36. The maximum absolute atomic E-state index is 12.9. The van der Waals surface area contributed by atoms with Crippen LogP contribution < -0.4 is 5.73 Å². The number of halogens is 2. The zero-order chi connectivity index (χ0) is 16.6. The number of pyridine rings is 1. The number of fused-ring (bicyclic) bond motifs is 1. The molecule has 0 atom stereocenters. The van der Waals surface area contributed by atoms with Gasteiger partial charge in [-0.05, 0) is 41.8 Å². The van der Waals surface area contributed by atoms with E-state index in [1.807, 2.05) is 0 Å². The number of benzene rings is 2. The molecule has 0 radical (unpaired) electrons. The van der Waals surface area contributed by atoms with Gasteiger partial charge >= 0.3 is 0 Å². The third-order valence-electron chi connectivity index (χ3n) is 3.54. The minimum Gasteiger partial charge on any atom is -0.505 e. The van der Waals surface area contributed by atoms with Gasteiger partial charge in [-0.1, -0.05) is 23.7 Å². The first kappa shape index (κ1) is 15.2. The molecular weight excluding hydrogens is 319 g/mol. The predicted molar refractivity (Wildman–Crippen MR) is 86.1 cm³/mol. The zero-order valence-corrected chi connectivity index (χ0v) is 12.6. The van der Waals surface area contributed by atoms with Gasteiger partial charge in [0.2, 0.25) is 0 Å². The van der Waals surface area contributed by atoms with Crippen LogP contribution in [0.2, 0.25) is 5.02 Å². The summed E-state index contributed by atoms with van der Waals surface area (Å²) < 4.78 is 12.9. The van der Waals surface area contributed by atoms with Crippen LogP contribution in [-0.2, 0) is 6.42 Å². The Balaban J connectivity index is 2.05. The number of primary amides is 1. The number of aromatic nitrogens is 1. The van der Waals surface area contributed by atoms with Crippen molar-refractivity contribution in [3.63, 3.8) is 0 Å². The molecule has 0 fully saturated rings. The minimum absolute atomic E-state index is 0.0683. The molecule has 0 aliphatic rings. The van der Waals surface area contributed by atoms with E-state index in [9.17, 15) is 14.3 Å². The molecule has 0 aliphatic heterocycles. The number of nitrogens with zero attached hydrogens (tertiary/aromatic N) is 1. The van der Waals surface area contributed by atoms with E-state index in [0.717, 1.165) is 11.1 Å². The average molecular weight is 331 g/mol. The Labute approximate surface area is 136 Å². The van der Waals surface area contributed by atoms with E-state index in [0.29, 0.717) is 11.8 Å². The third kappa shape index (κ3) is 2.96. The van der Waals surface area contributed by atoms with Crippen molar-refractivity contribution in [1.29, 1.82) is 0 Å². The number of hydrogen-bond acceptors (Lipinski definition) is 3. The maximum Gasteiger partial charge on any atom is 0.252 e. The van der Waals surface area contributed by atoms with Crippen LogP contribution in [0.4, 0.5) is 4.39 Å². The van der Waals surface area contributed by atoms with Crippen molar-refractivity contribution in [2.45, 2.75) is 6.42 Å². The van der Waals surface area contributed by atoms with Crippen LogP contribution in [0.15, 0.2) is 42.6 Å². The van der Waals surface area contributed by atoms with Gasteiger partial charge in [-0.15, -0.1) is 0 Å². The third-order valence-corrected chi connectivity index (χ3v) is 3.85. The van der Waals surface area contributed by atoms with Gasteiger partial charge in [0.05, 0.1) is 10.6 Å². The highest BCUT2D eigenvalue weighted by atomic mass is 35.5. The summed E-state index contributed by atoms with van der Waals surface area (Å²) >= 11 is 6.17. The van der Waals surface area contributed by atoms with E-state index < -0.39 is 5.91 Å². The van der Waals surface area contributed by atoms with Crippen LogP contribution in [0.3, 0.4) is 0 Å². The second-order valence-corrected chi connectivity index (χ2v) is 5.57. The maximum atomic E-state index is 12.9. The second-order valence-electron chi connectivity index (χ2n) is 5.16. The highest BCUT2D eigenvalue weighted by molar-refractivity contribution is 6.36. The number of carbonyl (C=O) groups is 1. The van der Waals surface area contributed by atoms with Crippen molar-refractivity contribution < 1.29 is 14.3 Å². The van der Waals surface area contributed by atoms with Crippen molar-refractivity contribution in [3.8, 4) is 5.75 Å². The lowest BCUT2D eigenvalue weighted by Gasteiger charge is -2.09. The van der Waals surface area contributed by atoms with E-state index in [1.165, 1.54) is 18.2 Å². The van der Waals surface area contributed by atoms with Crippen LogP contribution in [0, 0.1) is 5.82 Å². The Bertz CT molecular complexity index is 911. The molecule has 0 aliphatic carbocycles. The Morgan fingerprint density at radius 2 is 1.91 bits per heavy atom. The highest BCUT2D eigenvalue weighted by Gasteiger charge is 2.16. The molecule has 0 unspecified atom stereocenters. The van der Waals surface area contributed by atoms with Gasteiger partial charge in [0, 0.05) is 11.6 Å². The lowest BCUT2D eigenvalue weighted by molar-refractivity contribution is 0.0998. The van der Waals surface area contributed by atoms with Crippen molar-refractivity contribution >= 4 is 28.4 Å². The first-order valence-corrected chi connectivity index (χ1v) is 7.18. The molecular formula is C17H12ClFN2O2. The molecule has 0 bridgehead atoms. The van der Waals surface area contributed by atoms with E-state index in [4.69, 9.17) is 17.3 Å². The average Bonchev–Trinajstić information content (AvgIpc) is 2.53. The van der Waals surface area contributed by atoms with E-state index in [2.05, 4.69) is 4.98 Å². The molecule has 3 N–H and O–H groups in total. The number of nitrogens with two attached hydrogens (primary N) is 1. The summed E-state index contributed by atoms with van der Waals surface area (Å²) in [6.07, 6.45) is 2.12. The molecule has 1 heterocycles. The van der Waals surface area contributed by atoms with E-state index >= 15 is 0 Å². The largest absolute Gasteiger partial charge is 0.505 e. The number of hydrogen-bond donors (Lipinski definition) is 2. The number of aromatic hydroxyl groups is 1. The van der Waals surface area contributed by atoms with Crippen LogP contribution in [0.25, 0.3) is 10.9 Å². The smallest absolute Gasteiger partial charge is 0.252 e. The SMILES string of the molecule is NC(=O)c1cc(Cl)c2cc(Cc3ccc(F)cc3)cnc2c1O. The molecule has 4 nitrogen and oxygen atoms in total. The van der Waals surface area contributed by atoms with Crippen molar-refractivity contribution in [2.75, 3.05) is 0 Å². The first-order chi connectivity index (χ1) is 11.0. The van der Waals surface area contributed by atoms with Crippen LogP contribution in [-0.4, -0.2) is 16.0 Å². The molecule has 0 saturated heterocycles. The molecule has 1 aromatic heterocycles. The van der Waals surface area contributed by atoms with E-state index in [-0.39, 0.29) is 27.7 Å². The van der Waals surface area contributed by atoms with Crippen LogP contribution in [0.1, 0.15) is 21.5 Å². The molecule has 23 heavy (non-hydrogen) atoms. The summed E-state index contributed by atoms with van der Waals surface area (Å²) in [5, 5.41) is 10.9. The van der Waals surface area contributed by atoms with E-state index in [1.54, 1.807) is 24.4 Å². The Hall–Kier alpha value is -2.66.